The van der Waals surface area contributed by atoms with Gasteiger partial charge in [-0.2, -0.15) is 0 Å². The van der Waals surface area contributed by atoms with Gasteiger partial charge in [-0.3, -0.25) is 4.79 Å². The van der Waals surface area contributed by atoms with Crippen molar-refractivity contribution in [1.29, 1.82) is 0 Å². The van der Waals surface area contributed by atoms with Crippen molar-refractivity contribution in [1.82, 2.24) is 0 Å². The van der Waals surface area contributed by atoms with Gasteiger partial charge in [-0.25, -0.2) is 4.79 Å². The van der Waals surface area contributed by atoms with Crippen LogP contribution in [0.1, 0.15) is 15.9 Å². The highest BCUT2D eigenvalue weighted by Crippen LogP contribution is 2.32. The SMILES string of the molecule is Cc1ccc2c(c1)N(C(=O)COC(=O)c1ccccc1Br)CCO2. The third kappa shape index (κ3) is 3.43. The van der Waals surface area contributed by atoms with Crippen molar-refractivity contribution in [3.8, 4) is 5.75 Å². The number of nitrogens with zero attached hydrogens (tertiary/aromatic N) is 1. The van der Waals surface area contributed by atoms with Gasteiger partial charge in [0, 0.05) is 4.47 Å². The summed E-state index contributed by atoms with van der Waals surface area (Å²) in [5.41, 5.74) is 2.13. The number of hydrogen-bond acceptors (Lipinski definition) is 4. The van der Waals surface area contributed by atoms with Crippen molar-refractivity contribution in [2.75, 3.05) is 24.7 Å². The highest BCUT2D eigenvalue weighted by atomic mass is 79.9. The van der Waals surface area contributed by atoms with E-state index in [0.29, 0.717) is 34.6 Å². The minimum atomic E-state index is -0.534. The Morgan fingerprint density at radius 1 is 1.25 bits per heavy atom. The fraction of sp³-hybridized carbons (Fsp3) is 0.222. The standard InChI is InChI=1S/C18H16BrNO4/c1-12-6-7-16-15(10-12)20(8-9-23-16)17(21)11-24-18(22)13-4-2-3-5-14(13)19/h2-7,10H,8-9,11H2,1H3. The van der Waals surface area contributed by atoms with Crippen LogP contribution in [0.4, 0.5) is 5.69 Å². The summed E-state index contributed by atoms with van der Waals surface area (Å²) in [6, 6.07) is 12.6. The van der Waals surface area contributed by atoms with Crippen LogP contribution in [0.5, 0.6) is 5.75 Å². The maximum atomic E-state index is 12.5. The summed E-state index contributed by atoms with van der Waals surface area (Å²) in [6.07, 6.45) is 0. The maximum Gasteiger partial charge on any atom is 0.339 e. The predicted octanol–water partition coefficient (Wildman–Crippen LogP) is 3.34. The Hall–Kier alpha value is -2.34. The summed E-state index contributed by atoms with van der Waals surface area (Å²) in [6.45, 7) is 2.49. The van der Waals surface area contributed by atoms with E-state index in [1.807, 2.05) is 25.1 Å². The Labute approximate surface area is 148 Å². The van der Waals surface area contributed by atoms with Crippen LogP contribution in [0.25, 0.3) is 0 Å². The lowest BCUT2D eigenvalue weighted by molar-refractivity contribution is -0.121. The lowest BCUT2D eigenvalue weighted by Gasteiger charge is -2.29. The molecule has 1 aliphatic rings. The molecule has 0 spiro atoms. The fourth-order valence-electron chi connectivity index (χ4n) is 2.50. The van der Waals surface area contributed by atoms with Crippen molar-refractivity contribution in [2.24, 2.45) is 0 Å². The summed E-state index contributed by atoms with van der Waals surface area (Å²) in [7, 11) is 0. The molecule has 0 aromatic heterocycles. The zero-order chi connectivity index (χ0) is 17.1. The number of hydrogen-bond donors (Lipinski definition) is 0. The Morgan fingerprint density at radius 2 is 2.04 bits per heavy atom. The molecule has 6 heteroatoms. The summed E-state index contributed by atoms with van der Waals surface area (Å²) >= 11 is 3.30. The van der Waals surface area contributed by atoms with Gasteiger partial charge in [-0.15, -0.1) is 0 Å². The van der Waals surface area contributed by atoms with Crippen LogP contribution in [0.15, 0.2) is 46.9 Å². The molecule has 0 saturated heterocycles. The smallest absolute Gasteiger partial charge is 0.339 e. The first-order chi connectivity index (χ1) is 11.6. The molecule has 0 atom stereocenters. The van der Waals surface area contributed by atoms with Crippen LogP contribution in [0.2, 0.25) is 0 Å². The van der Waals surface area contributed by atoms with Gasteiger partial charge in [0.05, 0.1) is 17.8 Å². The number of carbonyl (C=O) groups excluding carboxylic acids is 2. The van der Waals surface area contributed by atoms with Gasteiger partial charge in [0.15, 0.2) is 6.61 Å². The van der Waals surface area contributed by atoms with Crippen molar-refractivity contribution < 1.29 is 19.1 Å². The van der Waals surface area contributed by atoms with E-state index in [2.05, 4.69) is 15.9 Å². The minimum Gasteiger partial charge on any atom is -0.490 e. The molecular formula is C18H16BrNO4. The van der Waals surface area contributed by atoms with E-state index in [1.54, 1.807) is 29.2 Å². The second-order valence-electron chi connectivity index (χ2n) is 5.42. The monoisotopic (exact) mass is 389 g/mol. The molecule has 0 fully saturated rings. The molecule has 1 heterocycles. The predicted molar refractivity (Wildman–Crippen MR) is 93.5 cm³/mol. The van der Waals surface area contributed by atoms with Crippen LogP contribution in [-0.2, 0) is 9.53 Å². The van der Waals surface area contributed by atoms with Crippen molar-refractivity contribution >= 4 is 33.5 Å². The van der Waals surface area contributed by atoms with Crippen LogP contribution >= 0.6 is 15.9 Å². The number of amides is 1. The first-order valence-electron chi connectivity index (χ1n) is 7.52. The molecule has 3 rings (SSSR count). The van der Waals surface area contributed by atoms with Crippen molar-refractivity contribution in [3.63, 3.8) is 0 Å². The molecule has 0 N–H and O–H groups in total. The van der Waals surface area contributed by atoms with Crippen LogP contribution in [-0.4, -0.2) is 31.6 Å². The van der Waals surface area contributed by atoms with Gasteiger partial charge in [0.2, 0.25) is 0 Å². The average molecular weight is 390 g/mol. The Balaban J connectivity index is 1.70. The molecule has 5 nitrogen and oxygen atoms in total. The number of halogens is 1. The third-order valence-corrected chi connectivity index (χ3v) is 4.39. The average Bonchev–Trinajstić information content (AvgIpc) is 2.59. The van der Waals surface area contributed by atoms with Gasteiger partial charge in [0.1, 0.15) is 12.4 Å². The van der Waals surface area contributed by atoms with Gasteiger partial charge < -0.3 is 14.4 Å². The van der Waals surface area contributed by atoms with E-state index in [-0.39, 0.29) is 12.5 Å². The molecule has 0 radical (unpaired) electrons. The van der Waals surface area contributed by atoms with E-state index in [9.17, 15) is 9.59 Å². The number of benzene rings is 2. The maximum absolute atomic E-state index is 12.5. The normalized spacial score (nSPS) is 13.0. The molecule has 124 valence electrons. The summed E-state index contributed by atoms with van der Waals surface area (Å²) < 4.78 is 11.4. The van der Waals surface area contributed by atoms with Crippen molar-refractivity contribution in [3.05, 3.63) is 58.1 Å². The molecule has 0 unspecified atom stereocenters. The molecule has 0 saturated carbocycles. The lowest BCUT2D eigenvalue weighted by atomic mass is 10.1. The topological polar surface area (TPSA) is 55.8 Å². The second-order valence-corrected chi connectivity index (χ2v) is 6.28. The van der Waals surface area contributed by atoms with Gasteiger partial charge in [0.25, 0.3) is 5.91 Å². The number of carbonyl (C=O) groups is 2. The number of rotatable bonds is 3. The van der Waals surface area contributed by atoms with E-state index < -0.39 is 5.97 Å². The van der Waals surface area contributed by atoms with Crippen LogP contribution < -0.4 is 9.64 Å². The minimum absolute atomic E-state index is 0.273. The van der Waals surface area contributed by atoms with E-state index >= 15 is 0 Å². The molecular weight excluding hydrogens is 374 g/mol. The Morgan fingerprint density at radius 3 is 2.83 bits per heavy atom. The number of esters is 1. The van der Waals surface area contributed by atoms with Gasteiger partial charge in [-0.1, -0.05) is 18.2 Å². The number of fused-ring (bicyclic) bond motifs is 1. The summed E-state index contributed by atoms with van der Waals surface area (Å²) in [5, 5.41) is 0. The number of aryl methyl sites for hydroxylation is 1. The Bertz CT molecular complexity index is 790. The molecule has 0 bridgehead atoms. The zero-order valence-electron chi connectivity index (χ0n) is 13.1. The zero-order valence-corrected chi connectivity index (χ0v) is 14.7. The molecule has 1 aliphatic heterocycles. The highest BCUT2D eigenvalue weighted by Gasteiger charge is 2.25. The third-order valence-electron chi connectivity index (χ3n) is 3.70. The van der Waals surface area contributed by atoms with Gasteiger partial charge >= 0.3 is 5.97 Å². The fourth-order valence-corrected chi connectivity index (χ4v) is 2.94. The Kier molecular flexibility index (Phi) is 4.85. The first kappa shape index (κ1) is 16.5. The molecule has 1 amide bonds. The van der Waals surface area contributed by atoms with Crippen molar-refractivity contribution in [2.45, 2.75) is 6.92 Å². The molecule has 2 aromatic carbocycles. The van der Waals surface area contributed by atoms with E-state index in [0.717, 1.165) is 5.56 Å². The quantitative estimate of drug-likeness (QED) is 0.755. The van der Waals surface area contributed by atoms with Crippen LogP contribution in [0, 0.1) is 6.92 Å². The number of anilines is 1. The van der Waals surface area contributed by atoms with Crippen LogP contribution in [0.3, 0.4) is 0 Å². The molecule has 0 aliphatic carbocycles. The molecule has 2 aromatic rings. The highest BCUT2D eigenvalue weighted by molar-refractivity contribution is 9.10. The largest absolute Gasteiger partial charge is 0.490 e. The lowest BCUT2D eigenvalue weighted by Crippen LogP contribution is -2.40. The molecule has 24 heavy (non-hydrogen) atoms. The number of ether oxygens (including phenoxy) is 2. The van der Waals surface area contributed by atoms with E-state index in [1.165, 1.54) is 0 Å². The first-order valence-corrected chi connectivity index (χ1v) is 8.31. The van der Waals surface area contributed by atoms with Gasteiger partial charge in [-0.05, 0) is 52.7 Å². The van der Waals surface area contributed by atoms with E-state index in [4.69, 9.17) is 9.47 Å². The second kappa shape index (κ2) is 7.05. The summed E-state index contributed by atoms with van der Waals surface area (Å²) in [5.74, 6) is -0.142. The summed E-state index contributed by atoms with van der Waals surface area (Å²) in [4.78, 5) is 26.2.